The van der Waals surface area contributed by atoms with E-state index in [1.54, 1.807) is 6.26 Å². The molecule has 2 heteroatoms. The second-order valence-electron chi connectivity index (χ2n) is 8.55. The van der Waals surface area contributed by atoms with Crippen molar-refractivity contribution in [3.05, 3.63) is 122 Å². The molecule has 2 nitrogen and oxygen atoms in total. The zero-order chi connectivity index (χ0) is 22.5. The van der Waals surface area contributed by atoms with Crippen LogP contribution in [0.1, 0.15) is 0 Å². The smallest absolute Gasteiger partial charge is 0.170 e. The summed E-state index contributed by atoms with van der Waals surface area (Å²) in [6.45, 7) is 0. The minimum atomic E-state index is 0.737. The van der Waals surface area contributed by atoms with Crippen LogP contribution in [0.2, 0.25) is 0 Å². The van der Waals surface area contributed by atoms with Gasteiger partial charge in [0, 0.05) is 5.39 Å². The van der Waals surface area contributed by atoms with Crippen LogP contribution in [0, 0.1) is 0 Å². The molecule has 0 fully saturated rings. The lowest BCUT2D eigenvalue weighted by Gasteiger charge is -2.17. The van der Waals surface area contributed by atoms with Crippen LogP contribution < -0.4 is 0 Å². The van der Waals surface area contributed by atoms with Gasteiger partial charge in [-0.1, -0.05) is 84.9 Å². The Morgan fingerprint density at radius 1 is 0.441 bits per heavy atom. The third-order valence-corrected chi connectivity index (χ3v) is 6.56. The highest BCUT2D eigenvalue weighted by molar-refractivity contribution is 6.21. The molecular formula is C32H20O2. The van der Waals surface area contributed by atoms with E-state index in [1.807, 2.05) is 12.1 Å². The van der Waals surface area contributed by atoms with Gasteiger partial charge in [-0.3, -0.25) is 0 Å². The van der Waals surface area contributed by atoms with Gasteiger partial charge in [0.25, 0.3) is 0 Å². The minimum absolute atomic E-state index is 0.737. The van der Waals surface area contributed by atoms with Crippen molar-refractivity contribution in [3.63, 3.8) is 0 Å². The fourth-order valence-electron chi connectivity index (χ4n) is 5.09. The lowest BCUT2D eigenvalue weighted by Crippen LogP contribution is -1.90. The Kier molecular flexibility index (Phi) is 4.18. The van der Waals surface area contributed by atoms with Crippen LogP contribution in [0.4, 0.5) is 0 Å². The van der Waals surface area contributed by atoms with E-state index in [0.717, 1.165) is 22.5 Å². The van der Waals surface area contributed by atoms with Gasteiger partial charge in [0.1, 0.15) is 5.58 Å². The molecule has 0 unspecified atom stereocenters. The zero-order valence-electron chi connectivity index (χ0n) is 18.4. The number of benzene rings is 5. The Morgan fingerprint density at radius 2 is 1.06 bits per heavy atom. The summed E-state index contributed by atoms with van der Waals surface area (Å²) in [5.41, 5.74) is 5.78. The summed E-state index contributed by atoms with van der Waals surface area (Å²) < 4.78 is 11.6. The summed E-state index contributed by atoms with van der Waals surface area (Å²) in [6.07, 6.45) is 1.67. The van der Waals surface area contributed by atoms with Gasteiger partial charge in [-0.2, -0.15) is 0 Å². The second-order valence-corrected chi connectivity index (χ2v) is 8.55. The molecule has 0 saturated heterocycles. The van der Waals surface area contributed by atoms with E-state index in [4.69, 9.17) is 8.83 Å². The van der Waals surface area contributed by atoms with E-state index < -0.39 is 0 Å². The summed E-state index contributed by atoms with van der Waals surface area (Å²) in [7, 11) is 0. The standard InChI is InChI=1S/C32H20O2/c1-2-9-21(10-3-1)31-24-11-4-6-13-26(24)32(27-14-7-5-12-25(27)31)22-16-17-28-23(19-22)20-30(34-28)29-15-8-18-33-29/h1-20H. The molecule has 0 aliphatic carbocycles. The normalized spacial score (nSPS) is 11.5. The van der Waals surface area contributed by atoms with Crippen LogP contribution >= 0.6 is 0 Å². The van der Waals surface area contributed by atoms with Gasteiger partial charge in [0.05, 0.1) is 6.26 Å². The average Bonchev–Trinajstić information content (AvgIpc) is 3.57. The van der Waals surface area contributed by atoms with Gasteiger partial charge >= 0.3 is 0 Å². The lowest BCUT2D eigenvalue weighted by atomic mass is 9.86. The first-order chi connectivity index (χ1) is 16.9. The summed E-state index contributed by atoms with van der Waals surface area (Å²) in [4.78, 5) is 0. The van der Waals surface area contributed by atoms with Crippen LogP contribution in [-0.2, 0) is 0 Å². The fourth-order valence-corrected chi connectivity index (χ4v) is 5.09. The largest absolute Gasteiger partial charge is 0.461 e. The number of hydrogen-bond acceptors (Lipinski definition) is 2. The quantitative estimate of drug-likeness (QED) is 0.258. The maximum atomic E-state index is 6.06. The second kappa shape index (κ2) is 7.50. The highest BCUT2D eigenvalue weighted by Crippen LogP contribution is 2.44. The Bertz CT molecular complexity index is 1730. The molecule has 0 bridgehead atoms. The predicted molar refractivity (Wildman–Crippen MR) is 140 cm³/mol. The zero-order valence-corrected chi connectivity index (χ0v) is 18.4. The van der Waals surface area contributed by atoms with Crippen molar-refractivity contribution in [2.45, 2.75) is 0 Å². The third-order valence-electron chi connectivity index (χ3n) is 6.56. The fraction of sp³-hybridized carbons (Fsp3) is 0. The SMILES string of the molecule is c1ccc(-c2c3ccccc3c(-c3ccc4oc(-c5ccco5)cc4c3)c3ccccc23)cc1. The summed E-state index contributed by atoms with van der Waals surface area (Å²) in [5, 5.41) is 6.06. The Morgan fingerprint density at radius 3 is 1.68 bits per heavy atom. The maximum absolute atomic E-state index is 6.06. The van der Waals surface area contributed by atoms with Crippen molar-refractivity contribution in [2.24, 2.45) is 0 Å². The Labute approximate surface area is 196 Å². The molecule has 0 N–H and O–H groups in total. The minimum Gasteiger partial charge on any atom is -0.461 e. The molecule has 0 amide bonds. The van der Waals surface area contributed by atoms with Gasteiger partial charge < -0.3 is 8.83 Å². The number of rotatable bonds is 3. The van der Waals surface area contributed by atoms with Crippen molar-refractivity contribution in [1.29, 1.82) is 0 Å². The molecule has 0 aliphatic heterocycles. The van der Waals surface area contributed by atoms with Gasteiger partial charge in [-0.25, -0.2) is 0 Å². The topological polar surface area (TPSA) is 26.3 Å². The third kappa shape index (κ3) is 2.89. The highest BCUT2D eigenvalue weighted by Gasteiger charge is 2.17. The summed E-state index contributed by atoms with van der Waals surface area (Å²) in [5.74, 6) is 1.48. The molecule has 0 radical (unpaired) electrons. The van der Waals surface area contributed by atoms with E-state index >= 15 is 0 Å². The maximum Gasteiger partial charge on any atom is 0.170 e. The molecule has 5 aromatic carbocycles. The molecule has 7 rings (SSSR count). The lowest BCUT2D eigenvalue weighted by molar-refractivity contribution is 0.542. The first-order valence-corrected chi connectivity index (χ1v) is 11.4. The van der Waals surface area contributed by atoms with E-state index in [9.17, 15) is 0 Å². The molecule has 0 atom stereocenters. The van der Waals surface area contributed by atoms with Crippen molar-refractivity contribution < 1.29 is 8.83 Å². The summed E-state index contributed by atoms with van der Waals surface area (Å²) in [6, 6.07) is 40.4. The van der Waals surface area contributed by atoms with E-state index in [2.05, 4.69) is 103 Å². The van der Waals surface area contributed by atoms with Gasteiger partial charge in [-0.05, 0) is 74.1 Å². The van der Waals surface area contributed by atoms with Crippen LogP contribution in [0.5, 0.6) is 0 Å². The molecule has 0 aliphatic rings. The number of fused-ring (bicyclic) bond motifs is 3. The van der Waals surface area contributed by atoms with Gasteiger partial charge in [0.2, 0.25) is 0 Å². The van der Waals surface area contributed by atoms with Crippen LogP contribution in [0.15, 0.2) is 130 Å². The highest BCUT2D eigenvalue weighted by atomic mass is 16.4. The van der Waals surface area contributed by atoms with E-state index in [0.29, 0.717) is 0 Å². The number of furan rings is 2. The number of hydrogen-bond donors (Lipinski definition) is 0. The van der Waals surface area contributed by atoms with Crippen molar-refractivity contribution in [2.75, 3.05) is 0 Å². The Balaban J connectivity index is 1.54. The first kappa shape index (κ1) is 19.0. The van der Waals surface area contributed by atoms with Crippen molar-refractivity contribution in [3.8, 4) is 33.8 Å². The molecule has 34 heavy (non-hydrogen) atoms. The summed E-state index contributed by atoms with van der Waals surface area (Å²) >= 11 is 0. The molecule has 0 saturated carbocycles. The molecule has 2 heterocycles. The molecule has 0 spiro atoms. The molecule has 160 valence electrons. The Hall–Kier alpha value is -4.56. The van der Waals surface area contributed by atoms with Crippen molar-refractivity contribution in [1.82, 2.24) is 0 Å². The van der Waals surface area contributed by atoms with Crippen molar-refractivity contribution >= 4 is 32.5 Å². The molecular weight excluding hydrogens is 416 g/mol. The first-order valence-electron chi connectivity index (χ1n) is 11.4. The van der Waals surface area contributed by atoms with Crippen LogP contribution in [-0.4, -0.2) is 0 Å². The van der Waals surface area contributed by atoms with E-state index in [-0.39, 0.29) is 0 Å². The average molecular weight is 437 g/mol. The predicted octanol–water partition coefficient (Wildman–Crippen LogP) is 9.33. The van der Waals surface area contributed by atoms with E-state index in [1.165, 1.54) is 43.8 Å². The molecule has 2 aromatic heterocycles. The van der Waals surface area contributed by atoms with Crippen LogP contribution in [0.3, 0.4) is 0 Å². The monoisotopic (exact) mass is 436 g/mol. The van der Waals surface area contributed by atoms with Gasteiger partial charge in [0.15, 0.2) is 11.5 Å². The van der Waals surface area contributed by atoms with Crippen LogP contribution in [0.25, 0.3) is 66.3 Å². The van der Waals surface area contributed by atoms with Gasteiger partial charge in [-0.15, -0.1) is 0 Å². The molecule has 7 aromatic rings.